The van der Waals surface area contributed by atoms with Crippen molar-refractivity contribution >= 4 is 17.5 Å². The van der Waals surface area contributed by atoms with Crippen molar-refractivity contribution in [1.82, 2.24) is 5.32 Å². The van der Waals surface area contributed by atoms with Crippen molar-refractivity contribution in [2.45, 2.75) is 13.3 Å². The number of nitrogens with two attached hydrogens (primary N) is 1. The lowest BCUT2D eigenvalue weighted by atomic mass is 10.1. The molecule has 0 aliphatic rings. The first-order valence-corrected chi connectivity index (χ1v) is 7.37. The second kappa shape index (κ2) is 8.81. The van der Waals surface area contributed by atoms with E-state index in [0.29, 0.717) is 11.4 Å². The summed E-state index contributed by atoms with van der Waals surface area (Å²) in [6, 6.07) is 3.21. The van der Waals surface area contributed by atoms with Crippen LogP contribution in [0.5, 0.6) is 0 Å². The number of carbonyl (C=O) groups is 1. The van der Waals surface area contributed by atoms with E-state index in [1.807, 2.05) is 0 Å². The normalized spacial score (nSPS) is 11.7. The van der Waals surface area contributed by atoms with E-state index >= 15 is 0 Å². The maximum atomic E-state index is 13.7. The Morgan fingerprint density at radius 2 is 2.09 bits per heavy atom. The summed E-state index contributed by atoms with van der Waals surface area (Å²) in [6.07, 6.45) is 8.78. The Balaban J connectivity index is 2.97. The fourth-order valence-corrected chi connectivity index (χ4v) is 2.29. The van der Waals surface area contributed by atoms with E-state index in [2.05, 4.69) is 17.8 Å². The van der Waals surface area contributed by atoms with Crippen LogP contribution in [0.2, 0.25) is 0 Å². The number of Topliss-reactive ketones (excluding diaryl/α,β-unsaturated/α-hetero) is 1. The van der Waals surface area contributed by atoms with E-state index in [4.69, 9.17) is 12.2 Å². The molecule has 0 bridgehead atoms. The van der Waals surface area contributed by atoms with Crippen LogP contribution >= 0.6 is 11.8 Å². The molecule has 0 saturated heterocycles. The Labute approximate surface area is 138 Å². The molecule has 23 heavy (non-hydrogen) atoms. The highest BCUT2D eigenvalue weighted by atomic mass is 32.2. The molecule has 1 aromatic rings. The molecule has 0 heterocycles. The second-order valence-electron chi connectivity index (χ2n) is 4.42. The van der Waals surface area contributed by atoms with E-state index in [1.54, 1.807) is 12.3 Å². The predicted octanol–water partition coefficient (Wildman–Crippen LogP) is 3.67. The number of ketones is 1. The van der Waals surface area contributed by atoms with Gasteiger partial charge in [-0.05, 0) is 25.3 Å². The number of benzene rings is 1. The van der Waals surface area contributed by atoms with Gasteiger partial charge < -0.3 is 11.1 Å². The summed E-state index contributed by atoms with van der Waals surface area (Å²) in [5.74, 6) is -0.295. The average molecular weight is 334 g/mol. The lowest BCUT2D eigenvalue weighted by Crippen LogP contribution is -2.13. The Morgan fingerprint density at radius 1 is 1.48 bits per heavy atom. The molecule has 6 heteroatoms. The number of carbonyl (C=O) groups excluding carboxylic acids is 1. The minimum atomic E-state index is -0.943. The standard InChI is InChI=1S/C17H16F2N2OS/c1-4-5-6-10-21-12(3)23-17(11(2)20)16(22)15-13(18)8-7-9-14(15)19/h1,6-10,21H,3,5,20H2,2H3/b10-6+,17-11+. The van der Waals surface area contributed by atoms with Gasteiger partial charge in [0.2, 0.25) is 5.78 Å². The number of thioether (sulfide) groups is 1. The molecule has 0 atom stereocenters. The van der Waals surface area contributed by atoms with Crippen molar-refractivity contribution < 1.29 is 13.6 Å². The summed E-state index contributed by atoms with van der Waals surface area (Å²) in [5.41, 5.74) is 5.17. The first-order chi connectivity index (χ1) is 10.9. The van der Waals surface area contributed by atoms with Crippen LogP contribution in [-0.4, -0.2) is 5.78 Å². The summed E-state index contributed by atoms with van der Waals surface area (Å²) in [6.45, 7) is 5.19. The van der Waals surface area contributed by atoms with Gasteiger partial charge in [0.15, 0.2) is 0 Å². The Morgan fingerprint density at radius 3 is 2.61 bits per heavy atom. The SMILES string of the molecule is C#CC/C=C/NC(=C)S/C(C(=O)c1c(F)cccc1F)=C(\C)N. The minimum Gasteiger partial charge on any atom is -0.401 e. The quantitative estimate of drug-likeness (QED) is 0.454. The van der Waals surface area contributed by atoms with Crippen LogP contribution in [0.15, 0.2) is 52.7 Å². The van der Waals surface area contributed by atoms with Crippen molar-refractivity contribution in [3.05, 3.63) is 69.9 Å². The largest absolute Gasteiger partial charge is 0.401 e. The number of halogens is 2. The molecular weight excluding hydrogens is 318 g/mol. The summed E-state index contributed by atoms with van der Waals surface area (Å²) >= 11 is 0.894. The van der Waals surface area contributed by atoms with Crippen molar-refractivity contribution in [1.29, 1.82) is 0 Å². The second-order valence-corrected chi connectivity index (χ2v) is 5.52. The van der Waals surface area contributed by atoms with Crippen molar-refractivity contribution in [3.8, 4) is 12.3 Å². The molecule has 0 spiro atoms. The van der Waals surface area contributed by atoms with Gasteiger partial charge in [0, 0.05) is 12.1 Å². The van der Waals surface area contributed by atoms with E-state index < -0.39 is 23.0 Å². The molecule has 120 valence electrons. The summed E-state index contributed by atoms with van der Waals surface area (Å²) in [7, 11) is 0. The topological polar surface area (TPSA) is 55.1 Å². The molecule has 3 N–H and O–H groups in total. The summed E-state index contributed by atoms with van der Waals surface area (Å²) < 4.78 is 27.5. The number of hydrogen-bond acceptors (Lipinski definition) is 4. The van der Waals surface area contributed by atoms with Crippen molar-refractivity contribution in [2.75, 3.05) is 0 Å². The molecule has 0 unspecified atom stereocenters. The van der Waals surface area contributed by atoms with Gasteiger partial charge in [-0.2, -0.15) is 0 Å². The van der Waals surface area contributed by atoms with E-state index in [0.717, 1.165) is 23.9 Å². The van der Waals surface area contributed by atoms with E-state index in [-0.39, 0.29) is 10.6 Å². The molecule has 0 fully saturated rings. The molecule has 0 amide bonds. The number of nitrogens with one attached hydrogen (secondary N) is 1. The van der Waals surface area contributed by atoms with Crippen LogP contribution in [0, 0.1) is 24.0 Å². The van der Waals surface area contributed by atoms with E-state index in [1.165, 1.54) is 13.0 Å². The van der Waals surface area contributed by atoms with Gasteiger partial charge in [-0.1, -0.05) is 30.5 Å². The highest BCUT2D eigenvalue weighted by molar-refractivity contribution is 8.07. The van der Waals surface area contributed by atoms with Crippen LogP contribution < -0.4 is 11.1 Å². The Bertz CT molecular complexity index is 694. The summed E-state index contributed by atoms with van der Waals surface area (Å²) in [4.78, 5) is 12.4. The van der Waals surface area contributed by atoms with Gasteiger partial charge in [0.25, 0.3) is 0 Å². The molecule has 0 aromatic heterocycles. The first kappa shape index (κ1) is 18.5. The first-order valence-electron chi connectivity index (χ1n) is 6.55. The van der Waals surface area contributed by atoms with Gasteiger partial charge in [-0.3, -0.25) is 4.79 Å². The van der Waals surface area contributed by atoms with Crippen molar-refractivity contribution in [2.24, 2.45) is 5.73 Å². The van der Waals surface area contributed by atoms with Crippen LogP contribution in [0.25, 0.3) is 0 Å². The maximum Gasteiger partial charge on any atom is 0.207 e. The number of rotatable bonds is 7. The minimum absolute atomic E-state index is 0.00292. The highest BCUT2D eigenvalue weighted by Crippen LogP contribution is 2.29. The van der Waals surface area contributed by atoms with Gasteiger partial charge in [0.05, 0.1) is 15.5 Å². The third-order valence-corrected chi connectivity index (χ3v) is 3.65. The average Bonchev–Trinajstić information content (AvgIpc) is 2.48. The fraction of sp³-hybridized carbons (Fsp3) is 0.118. The number of allylic oxidation sites excluding steroid dienone is 3. The maximum absolute atomic E-state index is 13.7. The number of terminal acetylenes is 1. The fourth-order valence-electron chi connectivity index (χ4n) is 1.57. The molecule has 0 aliphatic heterocycles. The van der Waals surface area contributed by atoms with Gasteiger partial charge in [-0.25, -0.2) is 8.78 Å². The third-order valence-electron chi connectivity index (χ3n) is 2.58. The zero-order valence-corrected chi connectivity index (χ0v) is 13.3. The van der Waals surface area contributed by atoms with Gasteiger partial charge >= 0.3 is 0 Å². The monoisotopic (exact) mass is 334 g/mol. The van der Waals surface area contributed by atoms with Crippen LogP contribution in [-0.2, 0) is 0 Å². The van der Waals surface area contributed by atoms with Gasteiger partial charge in [0.1, 0.15) is 11.6 Å². The van der Waals surface area contributed by atoms with Crippen molar-refractivity contribution in [3.63, 3.8) is 0 Å². The third kappa shape index (κ3) is 5.31. The Kier molecular flexibility index (Phi) is 7.10. The highest BCUT2D eigenvalue weighted by Gasteiger charge is 2.23. The van der Waals surface area contributed by atoms with Gasteiger partial charge in [-0.15, -0.1) is 12.3 Å². The molecule has 0 radical (unpaired) electrons. The number of hydrogen-bond donors (Lipinski definition) is 2. The smallest absolute Gasteiger partial charge is 0.207 e. The predicted molar refractivity (Wildman–Crippen MR) is 90.0 cm³/mol. The Hall–Kier alpha value is -2.52. The lowest BCUT2D eigenvalue weighted by molar-refractivity contribution is 0.103. The zero-order valence-electron chi connectivity index (χ0n) is 12.5. The molecule has 0 saturated carbocycles. The van der Waals surface area contributed by atoms with Crippen LogP contribution in [0.4, 0.5) is 8.78 Å². The zero-order chi connectivity index (χ0) is 17.4. The molecule has 1 aromatic carbocycles. The molecular formula is C17H16F2N2OS. The van der Waals surface area contributed by atoms with E-state index in [9.17, 15) is 13.6 Å². The molecule has 1 rings (SSSR count). The van der Waals surface area contributed by atoms with Crippen LogP contribution in [0.3, 0.4) is 0 Å². The molecule has 3 nitrogen and oxygen atoms in total. The molecule has 0 aliphatic carbocycles. The van der Waals surface area contributed by atoms with Crippen LogP contribution in [0.1, 0.15) is 23.7 Å². The lowest BCUT2D eigenvalue weighted by Gasteiger charge is -2.11. The summed E-state index contributed by atoms with van der Waals surface area (Å²) in [5, 5.41) is 3.17.